The molecule has 3 heteroatoms. The molecule has 2 rings (SSSR count). The van der Waals surface area contributed by atoms with Crippen molar-refractivity contribution in [3.05, 3.63) is 57.8 Å². The molecular formula is C16H19NOS. The molecule has 2 nitrogen and oxygen atoms in total. The lowest BCUT2D eigenvalue weighted by molar-refractivity contribution is -0.121. The standard InChI is InChI=1S/C16H19NOS/c1-12-6-3-4-7-14(12)11-16(18)17-13(2)10-15-8-5-9-19-15/h3-9,13H,10-11H2,1-2H3,(H,17,18). The van der Waals surface area contributed by atoms with Crippen LogP contribution in [0.3, 0.4) is 0 Å². The zero-order valence-corrected chi connectivity index (χ0v) is 12.2. The molecule has 1 heterocycles. The first-order valence-electron chi connectivity index (χ1n) is 6.51. The number of carbonyl (C=O) groups is 1. The molecule has 0 spiro atoms. The van der Waals surface area contributed by atoms with Crippen LogP contribution in [0.15, 0.2) is 41.8 Å². The van der Waals surface area contributed by atoms with E-state index >= 15 is 0 Å². The summed E-state index contributed by atoms with van der Waals surface area (Å²) in [5, 5.41) is 5.13. The molecule has 0 fully saturated rings. The molecule has 1 atom stereocenters. The largest absolute Gasteiger partial charge is 0.353 e. The predicted molar refractivity (Wildman–Crippen MR) is 80.5 cm³/mol. The second-order valence-corrected chi connectivity index (χ2v) is 5.89. The van der Waals surface area contributed by atoms with E-state index in [1.807, 2.05) is 37.3 Å². The van der Waals surface area contributed by atoms with Crippen LogP contribution in [0, 0.1) is 6.92 Å². The summed E-state index contributed by atoms with van der Waals surface area (Å²) in [5.41, 5.74) is 2.27. The molecule has 19 heavy (non-hydrogen) atoms. The second-order valence-electron chi connectivity index (χ2n) is 4.86. The Kier molecular flexibility index (Phi) is 4.74. The van der Waals surface area contributed by atoms with E-state index in [1.54, 1.807) is 11.3 Å². The maximum absolute atomic E-state index is 12.0. The van der Waals surface area contributed by atoms with Crippen molar-refractivity contribution in [3.8, 4) is 0 Å². The third-order valence-corrected chi connectivity index (χ3v) is 4.01. The number of thiophene rings is 1. The van der Waals surface area contributed by atoms with Crippen molar-refractivity contribution >= 4 is 17.2 Å². The third kappa shape index (κ3) is 4.21. The fourth-order valence-corrected chi connectivity index (χ4v) is 2.92. The summed E-state index contributed by atoms with van der Waals surface area (Å²) in [5.74, 6) is 0.0957. The van der Waals surface area contributed by atoms with Crippen molar-refractivity contribution in [1.29, 1.82) is 0 Å². The molecule has 0 saturated heterocycles. The van der Waals surface area contributed by atoms with E-state index in [4.69, 9.17) is 0 Å². The topological polar surface area (TPSA) is 29.1 Å². The first-order valence-corrected chi connectivity index (χ1v) is 7.39. The number of hydrogen-bond donors (Lipinski definition) is 1. The number of hydrogen-bond acceptors (Lipinski definition) is 2. The zero-order chi connectivity index (χ0) is 13.7. The van der Waals surface area contributed by atoms with Crippen LogP contribution in [-0.2, 0) is 17.6 Å². The van der Waals surface area contributed by atoms with E-state index in [1.165, 1.54) is 10.4 Å². The molecule has 1 amide bonds. The van der Waals surface area contributed by atoms with Gasteiger partial charge in [0.2, 0.25) is 5.91 Å². The molecule has 1 N–H and O–H groups in total. The SMILES string of the molecule is Cc1ccccc1CC(=O)NC(C)Cc1cccs1. The third-order valence-electron chi connectivity index (χ3n) is 3.11. The van der Waals surface area contributed by atoms with E-state index in [0.29, 0.717) is 6.42 Å². The van der Waals surface area contributed by atoms with Crippen LogP contribution >= 0.6 is 11.3 Å². The van der Waals surface area contributed by atoms with E-state index in [-0.39, 0.29) is 11.9 Å². The predicted octanol–water partition coefficient (Wildman–Crippen LogP) is 3.35. The van der Waals surface area contributed by atoms with Crippen molar-refractivity contribution in [2.24, 2.45) is 0 Å². The van der Waals surface area contributed by atoms with Crippen LogP contribution in [0.4, 0.5) is 0 Å². The Morgan fingerprint density at radius 1 is 1.26 bits per heavy atom. The van der Waals surface area contributed by atoms with Crippen molar-refractivity contribution in [2.75, 3.05) is 0 Å². The quantitative estimate of drug-likeness (QED) is 0.889. The average molecular weight is 273 g/mol. The molecule has 0 aliphatic heterocycles. The number of carbonyl (C=O) groups excluding carboxylic acids is 1. The normalized spacial score (nSPS) is 12.1. The Labute approximate surface area is 118 Å². The Balaban J connectivity index is 1.86. The van der Waals surface area contributed by atoms with Gasteiger partial charge >= 0.3 is 0 Å². The molecule has 0 radical (unpaired) electrons. The summed E-state index contributed by atoms with van der Waals surface area (Å²) >= 11 is 1.73. The van der Waals surface area contributed by atoms with Gasteiger partial charge in [0.05, 0.1) is 6.42 Å². The van der Waals surface area contributed by atoms with Gasteiger partial charge in [0.15, 0.2) is 0 Å². The lowest BCUT2D eigenvalue weighted by Gasteiger charge is -2.13. The van der Waals surface area contributed by atoms with Crippen molar-refractivity contribution in [3.63, 3.8) is 0 Å². The van der Waals surface area contributed by atoms with Gasteiger partial charge in [-0.15, -0.1) is 11.3 Å². The number of rotatable bonds is 5. The lowest BCUT2D eigenvalue weighted by atomic mass is 10.1. The van der Waals surface area contributed by atoms with Crippen molar-refractivity contribution in [1.82, 2.24) is 5.32 Å². The highest BCUT2D eigenvalue weighted by Crippen LogP contribution is 2.11. The first kappa shape index (κ1) is 13.8. The van der Waals surface area contributed by atoms with Gasteiger partial charge in [-0.25, -0.2) is 0 Å². The zero-order valence-electron chi connectivity index (χ0n) is 11.3. The second kappa shape index (κ2) is 6.53. The molecule has 0 bridgehead atoms. The highest BCUT2D eigenvalue weighted by molar-refractivity contribution is 7.09. The van der Waals surface area contributed by atoms with Gasteiger partial charge in [-0.05, 0) is 36.4 Å². The van der Waals surface area contributed by atoms with Crippen LogP contribution in [0.1, 0.15) is 22.9 Å². The first-order chi connectivity index (χ1) is 9.15. The molecule has 100 valence electrons. The Morgan fingerprint density at radius 3 is 2.74 bits per heavy atom. The van der Waals surface area contributed by atoms with Gasteiger partial charge in [-0.3, -0.25) is 4.79 Å². The van der Waals surface area contributed by atoms with Gasteiger partial charge in [-0.2, -0.15) is 0 Å². The monoisotopic (exact) mass is 273 g/mol. The maximum Gasteiger partial charge on any atom is 0.224 e. The Bertz CT molecular complexity index is 533. The minimum atomic E-state index is 0.0957. The lowest BCUT2D eigenvalue weighted by Crippen LogP contribution is -2.35. The summed E-state index contributed by atoms with van der Waals surface area (Å²) in [6, 6.07) is 12.4. The van der Waals surface area contributed by atoms with Gasteiger partial charge < -0.3 is 5.32 Å². The minimum Gasteiger partial charge on any atom is -0.353 e. The molecule has 0 saturated carbocycles. The summed E-state index contributed by atoms with van der Waals surface area (Å²) in [7, 11) is 0. The fraction of sp³-hybridized carbons (Fsp3) is 0.312. The van der Waals surface area contributed by atoms with Crippen LogP contribution in [-0.4, -0.2) is 11.9 Å². The Morgan fingerprint density at radius 2 is 2.05 bits per heavy atom. The minimum absolute atomic E-state index is 0.0957. The number of nitrogens with one attached hydrogen (secondary N) is 1. The number of amides is 1. The summed E-state index contributed by atoms with van der Waals surface area (Å²) in [4.78, 5) is 13.3. The molecule has 1 aromatic heterocycles. The highest BCUT2D eigenvalue weighted by Gasteiger charge is 2.10. The summed E-state index contributed by atoms with van der Waals surface area (Å²) in [6.07, 6.45) is 1.36. The average Bonchev–Trinajstić information content (AvgIpc) is 2.84. The summed E-state index contributed by atoms with van der Waals surface area (Å²) in [6.45, 7) is 4.09. The number of aryl methyl sites for hydroxylation is 1. The van der Waals surface area contributed by atoms with E-state index in [9.17, 15) is 4.79 Å². The molecule has 2 aromatic rings. The molecule has 0 aliphatic rings. The van der Waals surface area contributed by atoms with E-state index < -0.39 is 0 Å². The van der Waals surface area contributed by atoms with Gasteiger partial charge in [0.25, 0.3) is 0 Å². The number of benzene rings is 1. The van der Waals surface area contributed by atoms with Crippen LogP contribution in [0.2, 0.25) is 0 Å². The van der Waals surface area contributed by atoms with Crippen molar-refractivity contribution in [2.45, 2.75) is 32.7 Å². The molecular weight excluding hydrogens is 254 g/mol. The van der Waals surface area contributed by atoms with Gasteiger partial charge in [0.1, 0.15) is 0 Å². The smallest absolute Gasteiger partial charge is 0.224 e. The summed E-state index contributed by atoms with van der Waals surface area (Å²) < 4.78 is 0. The molecule has 0 aliphatic carbocycles. The van der Waals surface area contributed by atoms with Gasteiger partial charge in [0, 0.05) is 17.3 Å². The van der Waals surface area contributed by atoms with Crippen LogP contribution < -0.4 is 5.32 Å². The maximum atomic E-state index is 12.0. The van der Waals surface area contributed by atoms with E-state index in [0.717, 1.165) is 12.0 Å². The molecule has 1 unspecified atom stereocenters. The van der Waals surface area contributed by atoms with Crippen LogP contribution in [0.25, 0.3) is 0 Å². The van der Waals surface area contributed by atoms with E-state index in [2.05, 4.69) is 23.7 Å². The highest BCUT2D eigenvalue weighted by atomic mass is 32.1. The van der Waals surface area contributed by atoms with Gasteiger partial charge in [-0.1, -0.05) is 30.3 Å². The Hall–Kier alpha value is -1.61. The molecule has 1 aromatic carbocycles. The fourth-order valence-electron chi connectivity index (χ4n) is 2.09. The van der Waals surface area contributed by atoms with Crippen molar-refractivity contribution < 1.29 is 4.79 Å². The van der Waals surface area contributed by atoms with Crippen LogP contribution in [0.5, 0.6) is 0 Å².